The van der Waals surface area contributed by atoms with Gasteiger partial charge >= 0.3 is 7.12 Å². The highest BCUT2D eigenvalue weighted by Crippen LogP contribution is 2.39. The first kappa shape index (κ1) is 28.6. The van der Waals surface area contributed by atoms with Gasteiger partial charge in [0.2, 0.25) is 0 Å². The van der Waals surface area contributed by atoms with Gasteiger partial charge < -0.3 is 9.31 Å². The van der Waals surface area contributed by atoms with E-state index in [1.807, 2.05) is 0 Å². The molecule has 1 aliphatic heterocycles. The molecule has 1 heterocycles. The van der Waals surface area contributed by atoms with Crippen LogP contribution in [-0.2, 0) is 9.31 Å². The van der Waals surface area contributed by atoms with E-state index in [0.717, 1.165) is 5.46 Å². The fraction of sp³-hybridized carbons (Fsp3) is 0.486. The normalized spacial score (nSPS) is 18.0. The molecule has 1 saturated heterocycles. The highest BCUT2D eigenvalue weighted by molar-refractivity contribution is 6.62. The van der Waals surface area contributed by atoms with Crippen LogP contribution in [0.4, 0.5) is 0 Å². The number of unbranched alkanes of at least 4 members (excludes halogenated alkanes) is 1. The average Bonchev–Trinajstić information content (AvgIpc) is 3.12. The summed E-state index contributed by atoms with van der Waals surface area (Å²) in [6, 6.07) is 22.9. The van der Waals surface area contributed by atoms with E-state index in [1.54, 1.807) is 0 Å². The summed E-state index contributed by atoms with van der Waals surface area (Å²) in [7, 11) is -0.341. The Morgan fingerprint density at radius 2 is 1.26 bits per heavy atom. The molecule has 0 bridgehead atoms. The highest BCUT2D eigenvalue weighted by Gasteiger charge is 2.52. The molecule has 0 amide bonds. The lowest BCUT2D eigenvalue weighted by Gasteiger charge is -2.32. The first-order valence-electron chi connectivity index (χ1n) is 14.7. The Labute approximate surface area is 232 Å². The van der Waals surface area contributed by atoms with E-state index in [1.165, 1.54) is 64.6 Å². The summed E-state index contributed by atoms with van der Waals surface area (Å²) in [6.45, 7) is 19.9. The average molecular weight is 511 g/mol. The van der Waals surface area contributed by atoms with Crippen molar-refractivity contribution in [2.24, 2.45) is 0 Å². The molecule has 3 aromatic carbocycles. The lowest BCUT2D eigenvalue weighted by atomic mass is 9.72. The van der Waals surface area contributed by atoms with Crippen LogP contribution in [0.25, 0.3) is 22.3 Å². The quantitative estimate of drug-likeness (QED) is 0.267. The fourth-order valence-corrected chi connectivity index (χ4v) is 5.37. The molecule has 0 aliphatic carbocycles. The summed E-state index contributed by atoms with van der Waals surface area (Å²) in [5, 5.41) is 0. The zero-order valence-electron chi connectivity index (χ0n) is 25.2. The Bertz CT molecular complexity index is 1210. The summed E-state index contributed by atoms with van der Waals surface area (Å²) in [5.74, 6) is 1.06. The third-order valence-corrected chi connectivity index (χ3v) is 9.09. The van der Waals surface area contributed by atoms with Gasteiger partial charge in [0.25, 0.3) is 0 Å². The summed E-state index contributed by atoms with van der Waals surface area (Å²) in [5.41, 5.74) is 9.60. The minimum Gasteiger partial charge on any atom is -0.399 e. The van der Waals surface area contributed by atoms with Crippen molar-refractivity contribution in [2.45, 2.75) is 111 Å². The second-order valence-electron chi connectivity index (χ2n) is 12.4. The van der Waals surface area contributed by atoms with Crippen LogP contribution >= 0.6 is 0 Å². The van der Waals surface area contributed by atoms with Crippen molar-refractivity contribution in [2.75, 3.05) is 0 Å². The van der Waals surface area contributed by atoms with E-state index in [-0.39, 0.29) is 18.3 Å². The molecule has 1 fully saturated rings. The van der Waals surface area contributed by atoms with E-state index < -0.39 is 0 Å². The third-order valence-electron chi connectivity index (χ3n) is 9.09. The Morgan fingerprint density at radius 3 is 1.79 bits per heavy atom. The molecule has 0 saturated carbocycles. The van der Waals surface area contributed by atoms with Crippen LogP contribution in [0.2, 0.25) is 0 Å². The molecule has 2 atom stereocenters. The first-order valence-corrected chi connectivity index (χ1v) is 14.7. The van der Waals surface area contributed by atoms with Gasteiger partial charge in [0.1, 0.15) is 0 Å². The van der Waals surface area contributed by atoms with Gasteiger partial charge in [-0.05, 0) is 98.1 Å². The monoisotopic (exact) mass is 510 g/mol. The predicted molar refractivity (Wildman–Crippen MR) is 164 cm³/mol. The maximum atomic E-state index is 6.47. The van der Waals surface area contributed by atoms with Crippen molar-refractivity contribution in [3.8, 4) is 22.3 Å². The van der Waals surface area contributed by atoms with Crippen molar-refractivity contribution in [1.82, 2.24) is 0 Å². The van der Waals surface area contributed by atoms with Crippen molar-refractivity contribution < 1.29 is 9.31 Å². The highest BCUT2D eigenvalue weighted by atomic mass is 16.7. The van der Waals surface area contributed by atoms with Gasteiger partial charge in [-0.25, -0.2) is 0 Å². The second kappa shape index (κ2) is 11.4. The smallest absolute Gasteiger partial charge is 0.399 e. The minimum absolute atomic E-state index is 0.341. The topological polar surface area (TPSA) is 18.5 Å². The molecule has 2 unspecified atom stereocenters. The molecule has 1 aliphatic rings. The fourth-order valence-electron chi connectivity index (χ4n) is 5.37. The molecule has 0 aromatic heterocycles. The Morgan fingerprint density at radius 1 is 0.737 bits per heavy atom. The zero-order valence-corrected chi connectivity index (χ0v) is 25.2. The maximum Gasteiger partial charge on any atom is 0.495 e. The van der Waals surface area contributed by atoms with Gasteiger partial charge in [0.05, 0.1) is 11.2 Å². The van der Waals surface area contributed by atoms with Crippen LogP contribution in [0, 0.1) is 6.92 Å². The molecule has 0 radical (unpaired) electrons. The van der Waals surface area contributed by atoms with Crippen LogP contribution < -0.4 is 5.46 Å². The molecule has 0 N–H and O–H groups in total. The molecule has 38 heavy (non-hydrogen) atoms. The van der Waals surface area contributed by atoms with Gasteiger partial charge in [0.15, 0.2) is 0 Å². The van der Waals surface area contributed by atoms with Gasteiger partial charge in [-0.3, -0.25) is 0 Å². The van der Waals surface area contributed by atoms with Gasteiger partial charge in [0, 0.05) is 0 Å². The molecule has 3 heteroatoms. The van der Waals surface area contributed by atoms with Gasteiger partial charge in [-0.15, -0.1) is 0 Å². The van der Waals surface area contributed by atoms with Crippen molar-refractivity contribution in [3.05, 3.63) is 77.4 Å². The van der Waals surface area contributed by atoms with Crippen LogP contribution in [0.15, 0.2) is 60.7 Å². The Kier molecular flexibility index (Phi) is 8.60. The van der Waals surface area contributed by atoms with Crippen LogP contribution in [0.5, 0.6) is 0 Å². The largest absolute Gasteiger partial charge is 0.495 e. The van der Waals surface area contributed by atoms with E-state index in [2.05, 4.69) is 123 Å². The van der Waals surface area contributed by atoms with Gasteiger partial charge in [-0.2, -0.15) is 0 Å². The zero-order chi connectivity index (χ0) is 27.7. The van der Waals surface area contributed by atoms with E-state index >= 15 is 0 Å². The lowest BCUT2D eigenvalue weighted by Crippen LogP contribution is -2.41. The lowest BCUT2D eigenvalue weighted by molar-refractivity contribution is 0.00578. The van der Waals surface area contributed by atoms with Crippen LogP contribution in [0.3, 0.4) is 0 Å². The maximum absolute atomic E-state index is 6.47. The molecular formula is C35H47BO2. The Balaban J connectivity index is 1.69. The Hall–Kier alpha value is -2.36. The number of rotatable bonds is 9. The van der Waals surface area contributed by atoms with E-state index in [4.69, 9.17) is 9.31 Å². The van der Waals surface area contributed by atoms with Crippen LogP contribution in [-0.4, -0.2) is 18.3 Å². The summed E-state index contributed by atoms with van der Waals surface area (Å²) >= 11 is 0. The minimum atomic E-state index is -0.348. The first-order chi connectivity index (χ1) is 18.0. The number of aryl methyl sites for hydroxylation is 1. The summed E-state index contributed by atoms with van der Waals surface area (Å²) in [4.78, 5) is 0. The van der Waals surface area contributed by atoms with Crippen LogP contribution in [0.1, 0.15) is 110 Å². The van der Waals surface area contributed by atoms with E-state index in [0.29, 0.717) is 11.8 Å². The molecule has 0 spiro atoms. The molecule has 4 rings (SSSR count). The second-order valence-corrected chi connectivity index (χ2v) is 12.4. The number of hydrogen-bond acceptors (Lipinski definition) is 2. The van der Waals surface area contributed by atoms with Crippen molar-refractivity contribution in [1.29, 1.82) is 0 Å². The SMILES string of the molecule is CCCCC(C)c1cc(B2OC(C)(C)C(C)(C)O2)c(C)cc1-c1ccc(-c2ccc(C(C)CC)cc2)cc1. The standard InChI is InChI=1S/C35H47BO2/c1-10-12-13-25(4)31-23-33(36-37-34(6,7)35(8,9)38-36)26(5)22-32(31)30-20-18-29(19-21-30)28-16-14-27(15-17-28)24(3)11-2/h14-25H,10-13H2,1-9H3. The summed E-state index contributed by atoms with van der Waals surface area (Å²) in [6.07, 6.45) is 4.78. The third kappa shape index (κ3) is 5.80. The number of benzene rings is 3. The van der Waals surface area contributed by atoms with Crippen molar-refractivity contribution >= 4 is 12.6 Å². The molecule has 202 valence electrons. The molecule has 3 aromatic rings. The van der Waals surface area contributed by atoms with E-state index in [9.17, 15) is 0 Å². The predicted octanol–water partition coefficient (Wildman–Crippen LogP) is 9.44. The number of hydrogen-bond donors (Lipinski definition) is 0. The van der Waals surface area contributed by atoms with Gasteiger partial charge in [-0.1, -0.05) is 107 Å². The molecular weight excluding hydrogens is 463 g/mol. The van der Waals surface area contributed by atoms with Crippen molar-refractivity contribution in [3.63, 3.8) is 0 Å². The summed E-state index contributed by atoms with van der Waals surface area (Å²) < 4.78 is 12.9. The molecule has 2 nitrogen and oxygen atoms in total.